The standard InChI is InChI=1S/C16H22N2O5S/c1-4-10(3)17-15(21)11-7-24-8-18(11)16(22)14-9(2)6-23-12(14)5-13(19)20/h6,10-11H,4-5,7-8H2,1-3H3,(H,17,21)(H,19,20). The third-order valence-electron chi connectivity index (χ3n) is 4.02. The van der Waals surface area contributed by atoms with Crippen LogP contribution in [0.15, 0.2) is 10.7 Å². The molecule has 0 aromatic carbocycles. The molecule has 2 heterocycles. The van der Waals surface area contributed by atoms with Gasteiger partial charge in [-0.15, -0.1) is 11.8 Å². The van der Waals surface area contributed by atoms with Crippen molar-refractivity contribution in [3.63, 3.8) is 0 Å². The summed E-state index contributed by atoms with van der Waals surface area (Å²) in [5.74, 6) is -0.549. The Morgan fingerprint density at radius 3 is 2.83 bits per heavy atom. The molecule has 2 N–H and O–H groups in total. The number of carboxylic acids is 1. The molecule has 2 rings (SSSR count). The zero-order valence-corrected chi connectivity index (χ0v) is 14.8. The van der Waals surface area contributed by atoms with E-state index in [1.807, 2.05) is 13.8 Å². The monoisotopic (exact) mass is 354 g/mol. The molecule has 0 radical (unpaired) electrons. The minimum absolute atomic E-state index is 0.0401. The Kier molecular flexibility index (Phi) is 5.93. The van der Waals surface area contributed by atoms with E-state index in [0.29, 0.717) is 17.2 Å². The van der Waals surface area contributed by atoms with Gasteiger partial charge >= 0.3 is 5.97 Å². The number of aryl methyl sites for hydroxylation is 1. The molecule has 1 fully saturated rings. The lowest BCUT2D eigenvalue weighted by molar-refractivity contribution is -0.136. The molecule has 1 aromatic rings. The number of furan rings is 1. The van der Waals surface area contributed by atoms with Gasteiger partial charge in [0.15, 0.2) is 0 Å². The van der Waals surface area contributed by atoms with Crippen LogP contribution < -0.4 is 5.32 Å². The van der Waals surface area contributed by atoms with E-state index in [-0.39, 0.29) is 35.6 Å². The Hall–Kier alpha value is -1.96. The highest BCUT2D eigenvalue weighted by atomic mass is 32.2. The quantitative estimate of drug-likeness (QED) is 0.806. The van der Waals surface area contributed by atoms with E-state index >= 15 is 0 Å². The molecule has 1 saturated heterocycles. The molecular formula is C16H22N2O5S. The van der Waals surface area contributed by atoms with Crippen LogP contribution in [0, 0.1) is 6.92 Å². The maximum absolute atomic E-state index is 12.9. The first-order chi connectivity index (χ1) is 11.3. The number of rotatable bonds is 6. The van der Waals surface area contributed by atoms with Crippen LogP contribution in [0.1, 0.15) is 41.9 Å². The largest absolute Gasteiger partial charge is 0.481 e. The number of carbonyl (C=O) groups is 3. The van der Waals surface area contributed by atoms with Gasteiger partial charge in [0.05, 0.1) is 17.7 Å². The van der Waals surface area contributed by atoms with Crippen molar-refractivity contribution in [3.05, 3.63) is 23.2 Å². The van der Waals surface area contributed by atoms with Gasteiger partial charge < -0.3 is 19.7 Å². The van der Waals surface area contributed by atoms with Crippen LogP contribution >= 0.6 is 11.8 Å². The van der Waals surface area contributed by atoms with Gasteiger partial charge in [-0.3, -0.25) is 14.4 Å². The number of nitrogens with one attached hydrogen (secondary N) is 1. The average molecular weight is 354 g/mol. The molecule has 0 saturated carbocycles. The van der Waals surface area contributed by atoms with E-state index in [1.54, 1.807) is 6.92 Å². The van der Waals surface area contributed by atoms with Crippen LogP contribution in [0.25, 0.3) is 0 Å². The molecule has 0 bridgehead atoms. The molecule has 2 unspecified atom stereocenters. The van der Waals surface area contributed by atoms with Crippen molar-refractivity contribution in [2.24, 2.45) is 0 Å². The van der Waals surface area contributed by atoms with Gasteiger partial charge in [-0.2, -0.15) is 0 Å². The van der Waals surface area contributed by atoms with Crippen molar-refractivity contribution in [2.75, 3.05) is 11.6 Å². The van der Waals surface area contributed by atoms with Crippen LogP contribution in [-0.2, 0) is 16.0 Å². The van der Waals surface area contributed by atoms with Crippen LogP contribution in [0.2, 0.25) is 0 Å². The topological polar surface area (TPSA) is 99.9 Å². The van der Waals surface area contributed by atoms with Gasteiger partial charge in [0.2, 0.25) is 5.91 Å². The maximum atomic E-state index is 12.9. The molecule has 0 aliphatic carbocycles. The summed E-state index contributed by atoms with van der Waals surface area (Å²) in [7, 11) is 0. The van der Waals surface area contributed by atoms with Gasteiger partial charge in [-0.05, 0) is 20.3 Å². The summed E-state index contributed by atoms with van der Waals surface area (Å²) in [6.07, 6.45) is 1.83. The maximum Gasteiger partial charge on any atom is 0.311 e. The highest BCUT2D eigenvalue weighted by molar-refractivity contribution is 7.99. The summed E-state index contributed by atoms with van der Waals surface area (Å²) in [6.45, 7) is 5.58. The number of nitrogens with zero attached hydrogens (tertiary/aromatic N) is 1. The predicted octanol–water partition coefficient (Wildman–Crippen LogP) is 1.64. The number of hydrogen-bond donors (Lipinski definition) is 2. The molecule has 2 amide bonds. The summed E-state index contributed by atoms with van der Waals surface area (Å²) in [6, 6.07) is -0.512. The molecule has 1 aromatic heterocycles. The van der Waals surface area contributed by atoms with Gasteiger partial charge in [0.1, 0.15) is 18.2 Å². The summed E-state index contributed by atoms with van der Waals surface area (Å²) in [4.78, 5) is 37.7. The Labute approximate surface area is 144 Å². The Balaban J connectivity index is 2.21. The zero-order chi connectivity index (χ0) is 17.9. The van der Waals surface area contributed by atoms with E-state index in [0.717, 1.165) is 6.42 Å². The van der Waals surface area contributed by atoms with Gasteiger partial charge in [-0.25, -0.2) is 0 Å². The third-order valence-corrected chi connectivity index (χ3v) is 5.04. The SMILES string of the molecule is CCC(C)NC(=O)C1CSCN1C(=O)c1c(C)coc1CC(=O)O. The molecular weight excluding hydrogens is 332 g/mol. The lowest BCUT2D eigenvalue weighted by Gasteiger charge is -2.24. The average Bonchev–Trinajstić information content (AvgIpc) is 3.13. The molecule has 0 spiro atoms. The smallest absolute Gasteiger partial charge is 0.311 e. The Morgan fingerprint density at radius 1 is 1.50 bits per heavy atom. The van der Waals surface area contributed by atoms with Crippen molar-refractivity contribution >= 4 is 29.5 Å². The van der Waals surface area contributed by atoms with E-state index < -0.39 is 12.0 Å². The molecule has 1 aliphatic rings. The van der Waals surface area contributed by atoms with Gasteiger partial charge in [0, 0.05) is 17.4 Å². The van der Waals surface area contributed by atoms with E-state index in [4.69, 9.17) is 9.52 Å². The normalized spacial score (nSPS) is 18.5. The highest BCUT2D eigenvalue weighted by Crippen LogP contribution is 2.27. The minimum Gasteiger partial charge on any atom is -0.481 e. The molecule has 2 atom stereocenters. The van der Waals surface area contributed by atoms with E-state index in [2.05, 4.69) is 5.32 Å². The van der Waals surface area contributed by atoms with Gasteiger partial charge in [-0.1, -0.05) is 6.92 Å². The van der Waals surface area contributed by atoms with E-state index in [9.17, 15) is 14.4 Å². The third kappa shape index (κ3) is 3.92. The van der Waals surface area contributed by atoms with Crippen molar-refractivity contribution < 1.29 is 23.9 Å². The Morgan fingerprint density at radius 2 is 2.21 bits per heavy atom. The lowest BCUT2D eigenvalue weighted by Crippen LogP contribution is -2.49. The second-order valence-electron chi connectivity index (χ2n) is 5.90. The summed E-state index contributed by atoms with van der Waals surface area (Å²) < 4.78 is 5.23. The molecule has 132 valence electrons. The first-order valence-electron chi connectivity index (χ1n) is 7.83. The molecule has 8 heteroatoms. The number of thioether (sulfide) groups is 1. The van der Waals surface area contributed by atoms with Crippen molar-refractivity contribution in [1.29, 1.82) is 0 Å². The van der Waals surface area contributed by atoms with Crippen LogP contribution in [0.4, 0.5) is 0 Å². The number of amides is 2. The number of carbonyl (C=O) groups excluding carboxylic acids is 2. The fraction of sp³-hybridized carbons (Fsp3) is 0.562. The Bertz CT molecular complexity index is 642. The minimum atomic E-state index is -1.07. The first kappa shape index (κ1) is 18.4. The summed E-state index contributed by atoms with van der Waals surface area (Å²) in [5, 5.41) is 11.9. The number of carboxylic acid groups (broad SMARTS) is 1. The first-order valence-corrected chi connectivity index (χ1v) is 8.98. The zero-order valence-electron chi connectivity index (χ0n) is 14.0. The van der Waals surface area contributed by atoms with Crippen LogP contribution in [0.3, 0.4) is 0 Å². The lowest BCUT2D eigenvalue weighted by atomic mass is 10.1. The van der Waals surface area contributed by atoms with Crippen molar-refractivity contribution in [1.82, 2.24) is 10.2 Å². The fourth-order valence-corrected chi connectivity index (χ4v) is 3.65. The summed E-state index contributed by atoms with van der Waals surface area (Å²) >= 11 is 1.50. The van der Waals surface area contributed by atoms with Crippen molar-refractivity contribution in [3.8, 4) is 0 Å². The number of aliphatic carboxylic acids is 1. The number of hydrogen-bond acceptors (Lipinski definition) is 5. The van der Waals surface area contributed by atoms with E-state index in [1.165, 1.54) is 22.9 Å². The second kappa shape index (κ2) is 7.74. The van der Waals surface area contributed by atoms with Crippen LogP contribution in [-0.4, -0.2) is 51.5 Å². The predicted molar refractivity (Wildman–Crippen MR) is 90.0 cm³/mol. The molecule has 1 aliphatic heterocycles. The van der Waals surface area contributed by atoms with Crippen molar-refractivity contribution in [2.45, 2.75) is 45.7 Å². The van der Waals surface area contributed by atoms with Crippen LogP contribution in [0.5, 0.6) is 0 Å². The highest BCUT2D eigenvalue weighted by Gasteiger charge is 2.37. The second-order valence-corrected chi connectivity index (χ2v) is 6.90. The summed E-state index contributed by atoms with van der Waals surface area (Å²) in [5.41, 5.74) is 0.829. The molecule has 7 nitrogen and oxygen atoms in total. The fourth-order valence-electron chi connectivity index (χ4n) is 2.50. The molecule has 24 heavy (non-hydrogen) atoms. The van der Waals surface area contributed by atoms with Gasteiger partial charge in [0.25, 0.3) is 5.91 Å².